The average molecular weight is 153 g/mol. The van der Waals surface area contributed by atoms with Crippen LogP contribution >= 0.6 is 0 Å². The normalized spacial score (nSPS) is 11.5. The van der Waals surface area contributed by atoms with Gasteiger partial charge >= 0.3 is 0 Å². The molecular weight excluding hydrogens is 142 g/mol. The van der Waals surface area contributed by atoms with Gasteiger partial charge in [0.25, 0.3) is 5.70 Å². The van der Waals surface area contributed by atoms with Crippen molar-refractivity contribution in [1.29, 1.82) is 0 Å². The Kier molecular flexibility index (Phi) is 3.12. The Labute approximate surface area is 66.1 Å². The van der Waals surface area contributed by atoms with Gasteiger partial charge in [0.2, 0.25) is 5.91 Å². The topological polar surface area (TPSA) is 50.7 Å². The lowest BCUT2D eigenvalue weighted by Gasteiger charge is -2.13. The van der Waals surface area contributed by atoms with E-state index in [2.05, 4.69) is 4.85 Å². The van der Waals surface area contributed by atoms with Crippen molar-refractivity contribution in [2.24, 2.45) is 5.73 Å². The number of nitrogens with two attached hydrogens (primary N) is 1. The summed E-state index contributed by atoms with van der Waals surface area (Å²) in [7, 11) is 3.51. The number of amides is 1. The third-order valence-corrected chi connectivity index (χ3v) is 1.36. The van der Waals surface area contributed by atoms with Crippen LogP contribution in [-0.4, -0.2) is 24.9 Å². The summed E-state index contributed by atoms with van der Waals surface area (Å²) in [6.45, 7) is 8.33. The molecule has 0 aromatic rings. The number of hydrogen-bond donors (Lipinski definition) is 1. The maximum atomic E-state index is 10.6. The first kappa shape index (κ1) is 9.50. The Morgan fingerprint density at radius 2 is 2.00 bits per heavy atom. The van der Waals surface area contributed by atoms with Gasteiger partial charge in [-0.3, -0.25) is 4.79 Å². The van der Waals surface area contributed by atoms with Crippen molar-refractivity contribution in [2.75, 3.05) is 14.1 Å². The quantitative estimate of drug-likeness (QED) is 0.454. The molecule has 0 rings (SSSR count). The summed E-state index contributed by atoms with van der Waals surface area (Å²) in [5.41, 5.74) is 5.53. The van der Waals surface area contributed by atoms with E-state index in [1.807, 2.05) is 0 Å². The molecule has 0 aliphatic heterocycles. The van der Waals surface area contributed by atoms with Gasteiger partial charge in [-0.25, -0.2) is 4.85 Å². The second kappa shape index (κ2) is 3.62. The molecule has 0 aromatic heterocycles. The molecule has 4 nitrogen and oxygen atoms in total. The van der Waals surface area contributed by atoms with Crippen molar-refractivity contribution in [3.63, 3.8) is 0 Å². The molecule has 60 valence electrons. The van der Waals surface area contributed by atoms with E-state index in [1.54, 1.807) is 25.9 Å². The van der Waals surface area contributed by atoms with E-state index in [0.29, 0.717) is 5.70 Å². The lowest BCUT2D eigenvalue weighted by Crippen LogP contribution is -2.18. The Morgan fingerprint density at radius 3 is 2.09 bits per heavy atom. The molecule has 0 spiro atoms. The lowest BCUT2D eigenvalue weighted by molar-refractivity contribution is -0.114. The molecule has 2 N–H and O–H groups in total. The molecular formula is C7H11N3O. The zero-order chi connectivity index (χ0) is 9.02. The Balaban J connectivity index is 4.88. The number of rotatable bonds is 2. The highest BCUT2D eigenvalue weighted by Gasteiger charge is 2.09. The fraction of sp³-hybridized carbons (Fsp3) is 0.429. The monoisotopic (exact) mass is 153 g/mol. The minimum atomic E-state index is -0.675. The van der Waals surface area contributed by atoms with Crippen molar-refractivity contribution in [3.05, 3.63) is 22.8 Å². The molecule has 0 heterocycles. The van der Waals surface area contributed by atoms with Crippen LogP contribution in [0.15, 0.2) is 11.4 Å². The largest absolute Gasteiger partial charge is 0.390 e. The van der Waals surface area contributed by atoms with Crippen LogP contribution in [0.4, 0.5) is 0 Å². The Bertz CT molecular complexity index is 235. The minimum absolute atomic E-state index is 0.00463. The van der Waals surface area contributed by atoms with Gasteiger partial charge in [-0.15, -0.1) is 0 Å². The predicted octanol–water partition coefficient (Wildman–Crippen LogP) is 0.184. The first-order valence-electron chi connectivity index (χ1n) is 3.06. The van der Waals surface area contributed by atoms with Gasteiger partial charge in [0, 0.05) is 19.8 Å². The summed E-state index contributed by atoms with van der Waals surface area (Å²) in [4.78, 5) is 15.3. The van der Waals surface area contributed by atoms with Crippen LogP contribution in [0.5, 0.6) is 0 Å². The number of nitrogens with zero attached hydrogens (tertiary/aromatic N) is 2. The molecule has 0 fully saturated rings. The highest BCUT2D eigenvalue weighted by atomic mass is 16.1. The van der Waals surface area contributed by atoms with Gasteiger partial charge in [-0.05, 0) is 6.92 Å². The Hall–Kier alpha value is -1.50. The molecule has 0 bridgehead atoms. The smallest absolute Gasteiger partial charge is 0.267 e. The maximum absolute atomic E-state index is 10.6. The molecule has 0 atom stereocenters. The molecule has 11 heavy (non-hydrogen) atoms. The van der Waals surface area contributed by atoms with Crippen LogP contribution < -0.4 is 5.73 Å². The number of carbonyl (C=O) groups excluding carboxylic acids is 1. The van der Waals surface area contributed by atoms with Gasteiger partial charge in [-0.1, -0.05) is 0 Å². The van der Waals surface area contributed by atoms with Crippen LogP contribution in [0.25, 0.3) is 4.85 Å². The molecule has 0 aliphatic rings. The molecule has 1 amide bonds. The summed E-state index contributed by atoms with van der Waals surface area (Å²) in [5, 5.41) is 0. The van der Waals surface area contributed by atoms with Crippen molar-refractivity contribution in [3.8, 4) is 0 Å². The summed E-state index contributed by atoms with van der Waals surface area (Å²) in [5.74, 6) is -0.675. The van der Waals surface area contributed by atoms with E-state index in [9.17, 15) is 4.79 Å². The highest BCUT2D eigenvalue weighted by Crippen LogP contribution is 2.06. The maximum Gasteiger partial charge on any atom is 0.267 e. The molecule has 0 saturated heterocycles. The van der Waals surface area contributed by atoms with Crippen LogP contribution in [0.3, 0.4) is 0 Å². The number of allylic oxidation sites excluding steroid dienone is 1. The zero-order valence-electron chi connectivity index (χ0n) is 6.88. The van der Waals surface area contributed by atoms with Crippen molar-refractivity contribution in [2.45, 2.75) is 6.92 Å². The SMILES string of the molecule is [C-]#[N+]/C(C(N)=O)=C(/C)N(C)C. The van der Waals surface area contributed by atoms with Crippen LogP contribution in [0.1, 0.15) is 6.92 Å². The van der Waals surface area contributed by atoms with Gasteiger partial charge in [0.05, 0.1) is 6.57 Å². The molecule has 0 aliphatic carbocycles. The van der Waals surface area contributed by atoms with E-state index in [4.69, 9.17) is 12.3 Å². The first-order valence-corrected chi connectivity index (χ1v) is 3.06. The third kappa shape index (κ3) is 2.30. The lowest BCUT2D eigenvalue weighted by atomic mass is 10.3. The second-order valence-electron chi connectivity index (χ2n) is 2.30. The summed E-state index contributed by atoms with van der Waals surface area (Å²) in [6.07, 6.45) is 0. The average Bonchev–Trinajstić information content (AvgIpc) is 1.88. The van der Waals surface area contributed by atoms with Crippen LogP contribution in [0.2, 0.25) is 0 Å². The zero-order valence-corrected chi connectivity index (χ0v) is 6.88. The van der Waals surface area contributed by atoms with E-state index in [0.717, 1.165) is 0 Å². The van der Waals surface area contributed by atoms with Gasteiger partial charge in [0.15, 0.2) is 0 Å². The molecule has 0 saturated carbocycles. The van der Waals surface area contributed by atoms with Crippen LogP contribution in [-0.2, 0) is 4.79 Å². The van der Waals surface area contributed by atoms with E-state index < -0.39 is 5.91 Å². The summed E-state index contributed by atoms with van der Waals surface area (Å²) >= 11 is 0. The van der Waals surface area contributed by atoms with E-state index in [-0.39, 0.29) is 5.70 Å². The first-order chi connectivity index (χ1) is 5.00. The van der Waals surface area contributed by atoms with Crippen LogP contribution in [0, 0.1) is 6.57 Å². The Morgan fingerprint density at radius 1 is 1.55 bits per heavy atom. The fourth-order valence-electron chi connectivity index (χ4n) is 0.526. The van der Waals surface area contributed by atoms with Crippen molar-refractivity contribution in [1.82, 2.24) is 4.90 Å². The third-order valence-electron chi connectivity index (χ3n) is 1.36. The summed E-state index contributed by atoms with van der Waals surface area (Å²) < 4.78 is 0. The number of hydrogen-bond acceptors (Lipinski definition) is 2. The van der Waals surface area contributed by atoms with Crippen molar-refractivity contribution >= 4 is 5.91 Å². The standard InChI is InChI=1S/C7H11N3O/c1-5(10(3)4)6(9-2)7(8)11/h1,3-4H3,(H2,8,11)/b6-5-. The number of primary amides is 1. The predicted molar refractivity (Wildman–Crippen MR) is 42.2 cm³/mol. The minimum Gasteiger partial charge on any atom is -0.390 e. The molecule has 0 aromatic carbocycles. The van der Waals surface area contributed by atoms with Gasteiger partial charge < -0.3 is 10.6 Å². The second-order valence-corrected chi connectivity index (χ2v) is 2.30. The van der Waals surface area contributed by atoms with Crippen molar-refractivity contribution < 1.29 is 4.79 Å². The number of carbonyl (C=O) groups is 1. The molecule has 4 heteroatoms. The van der Waals surface area contributed by atoms with E-state index >= 15 is 0 Å². The van der Waals surface area contributed by atoms with Gasteiger partial charge in [0.1, 0.15) is 0 Å². The molecule has 0 radical (unpaired) electrons. The highest BCUT2D eigenvalue weighted by molar-refractivity contribution is 5.94. The van der Waals surface area contributed by atoms with E-state index in [1.165, 1.54) is 0 Å². The van der Waals surface area contributed by atoms with Gasteiger partial charge in [-0.2, -0.15) is 0 Å². The summed E-state index contributed by atoms with van der Waals surface area (Å²) in [6, 6.07) is 0. The fourth-order valence-corrected chi connectivity index (χ4v) is 0.526. The molecule has 0 unspecified atom stereocenters.